The average molecular weight is 306 g/mol. The zero-order valence-electron chi connectivity index (χ0n) is 13.6. The van der Waals surface area contributed by atoms with E-state index in [0.29, 0.717) is 12.6 Å². The first-order chi connectivity index (χ1) is 10.5. The highest BCUT2D eigenvalue weighted by Crippen LogP contribution is 2.27. The summed E-state index contributed by atoms with van der Waals surface area (Å²) in [5.74, 6) is 0.831. The normalized spacial score (nSPS) is 15.5. The minimum absolute atomic E-state index is 0.000457. The second-order valence-electron chi connectivity index (χ2n) is 6.05. The Bertz CT molecular complexity index is 483. The van der Waals surface area contributed by atoms with E-state index in [4.69, 9.17) is 9.84 Å². The van der Waals surface area contributed by atoms with E-state index in [1.165, 1.54) is 0 Å². The number of aliphatic hydroxyl groups excluding tert-OH is 1. The van der Waals surface area contributed by atoms with Gasteiger partial charge >= 0.3 is 6.03 Å². The maximum absolute atomic E-state index is 12.3. The molecular formula is C17H26N2O3. The van der Waals surface area contributed by atoms with Crippen LogP contribution in [0.1, 0.15) is 45.2 Å². The first kappa shape index (κ1) is 16.6. The minimum Gasteiger partial charge on any atom is -0.491 e. The maximum Gasteiger partial charge on any atom is 0.318 e. The zero-order chi connectivity index (χ0) is 16.1. The molecule has 1 aliphatic rings. The molecule has 1 atom stereocenters. The third-order valence-electron chi connectivity index (χ3n) is 3.68. The molecule has 5 heteroatoms. The summed E-state index contributed by atoms with van der Waals surface area (Å²) in [6.07, 6.45) is 2.21. The largest absolute Gasteiger partial charge is 0.491 e. The van der Waals surface area contributed by atoms with Crippen molar-refractivity contribution in [1.82, 2.24) is 10.2 Å². The fourth-order valence-electron chi connectivity index (χ4n) is 2.40. The van der Waals surface area contributed by atoms with Crippen molar-refractivity contribution in [2.75, 3.05) is 13.2 Å². The maximum atomic E-state index is 12.3. The van der Waals surface area contributed by atoms with Crippen LogP contribution in [0, 0.1) is 0 Å². The number of nitrogens with one attached hydrogen (secondary N) is 1. The van der Waals surface area contributed by atoms with Gasteiger partial charge in [0, 0.05) is 12.6 Å². The Kier molecular flexibility index (Phi) is 5.66. The quantitative estimate of drug-likeness (QED) is 0.814. The molecule has 0 spiro atoms. The molecule has 0 bridgehead atoms. The van der Waals surface area contributed by atoms with Crippen molar-refractivity contribution < 1.29 is 14.6 Å². The van der Waals surface area contributed by atoms with E-state index in [9.17, 15) is 4.79 Å². The molecule has 2 amide bonds. The predicted molar refractivity (Wildman–Crippen MR) is 86.0 cm³/mol. The van der Waals surface area contributed by atoms with Crippen LogP contribution >= 0.6 is 0 Å². The van der Waals surface area contributed by atoms with E-state index in [0.717, 1.165) is 24.2 Å². The minimum atomic E-state index is -0.105. The molecular weight excluding hydrogens is 280 g/mol. The standard InChI is InChI=1S/C17H26N2O3/c1-12(2)22-16-8-4-14(5-9-16)13(3)18-17(21)19(10-11-20)15-6-7-15/h4-5,8-9,12-13,15,20H,6-7,10-11H2,1-3H3,(H,18,21). The second kappa shape index (κ2) is 7.49. The summed E-state index contributed by atoms with van der Waals surface area (Å²) in [5.41, 5.74) is 1.03. The van der Waals surface area contributed by atoms with Crippen LogP contribution in [0.5, 0.6) is 5.75 Å². The summed E-state index contributed by atoms with van der Waals surface area (Å²) in [5, 5.41) is 12.1. The Hall–Kier alpha value is -1.75. The topological polar surface area (TPSA) is 61.8 Å². The number of carbonyl (C=O) groups excluding carboxylic acids is 1. The van der Waals surface area contributed by atoms with Gasteiger partial charge < -0.3 is 20.1 Å². The van der Waals surface area contributed by atoms with Gasteiger partial charge in [-0.05, 0) is 51.3 Å². The van der Waals surface area contributed by atoms with Crippen molar-refractivity contribution in [2.24, 2.45) is 0 Å². The van der Waals surface area contributed by atoms with Crippen molar-refractivity contribution in [3.8, 4) is 5.75 Å². The number of aliphatic hydroxyl groups is 1. The number of nitrogens with zero attached hydrogens (tertiary/aromatic N) is 1. The number of ether oxygens (including phenoxy) is 1. The molecule has 2 N–H and O–H groups in total. The molecule has 1 unspecified atom stereocenters. The van der Waals surface area contributed by atoms with Crippen molar-refractivity contribution in [3.63, 3.8) is 0 Å². The first-order valence-electron chi connectivity index (χ1n) is 7.96. The monoisotopic (exact) mass is 306 g/mol. The lowest BCUT2D eigenvalue weighted by atomic mass is 10.1. The fraction of sp³-hybridized carbons (Fsp3) is 0.588. The van der Waals surface area contributed by atoms with Crippen LogP contribution in [0.25, 0.3) is 0 Å². The summed E-state index contributed by atoms with van der Waals surface area (Å²) < 4.78 is 5.62. The highest BCUT2D eigenvalue weighted by atomic mass is 16.5. The van der Waals surface area contributed by atoms with Crippen LogP contribution in [0.4, 0.5) is 4.79 Å². The lowest BCUT2D eigenvalue weighted by molar-refractivity contribution is 0.171. The Balaban J connectivity index is 1.92. The number of hydrogen-bond acceptors (Lipinski definition) is 3. The van der Waals surface area contributed by atoms with Crippen LogP contribution in [-0.2, 0) is 0 Å². The van der Waals surface area contributed by atoms with Crippen molar-refractivity contribution in [2.45, 2.75) is 51.8 Å². The zero-order valence-corrected chi connectivity index (χ0v) is 13.6. The van der Waals surface area contributed by atoms with Gasteiger partial charge in [-0.25, -0.2) is 4.79 Å². The van der Waals surface area contributed by atoms with Gasteiger partial charge in [-0.15, -0.1) is 0 Å². The predicted octanol–water partition coefficient (Wildman–Crippen LogP) is 2.70. The lowest BCUT2D eigenvalue weighted by Crippen LogP contribution is -2.43. The van der Waals surface area contributed by atoms with Crippen molar-refractivity contribution in [1.29, 1.82) is 0 Å². The van der Waals surface area contributed by atoms with Gasteiger partial charge in [-0.1, -0.05) is 12.1 Å². The highest BCUT2D eigenvalue weighted by Gasteiger charge is 2.32. The lowest BCUT2D eigenvalue weighted by Gasteiger charge is -2.24. The third kappa shape index (κ3) is 4.63. The van der Waals surface area contributed by atoms with Crippen molar-refractivity contribution >= 4 is 6.03 Å². The Morgan fingerprint density at radius 3 is 2.45 bits per heavy atom. The summed E-state index contributed by atoms with van der Waals surface area (Å²) in [7, 11) is 0. The molecule has 2 rings (SSSR count). The number of carbonyl (C=O) groups is 1. The Morgan fingerprint density at radius 1 is 1.32 bits per heavy atom. The smallest absolute Gasteiger partial charge is 0.318 e. The van der Waals surface area contributed by atoms with E-state index >= 15 is 0 Å². The molecule has 1 aromatic rings. The third-order valence-corrected chi connectivity index (χ3v) is 3.68. The number of urea groups is 1. The van der Waals surface area contributed by atoms with Gasteiger partial charge in [0.2, 0.25) is 0 Å². The molecule has 0 aromatic heterocycles. The summed E-state index contributed by atoms with van der Waals surface area (Å²) in [4.78, 5) is 14.0. The second-order valence-corrected chi connectivity index (χ2v) is 6.05. The molecule has 122 valence electrons. The SMILES string of the molecule is CC(C)Oc1ccc(C(C)NC(=O)N(CCO)C2CC2)cc1. The molecule has 1 aromatic carbocycles. The molecule has 1 saturated carbocycles. The molecule has 1 aliphatic carbocycles. The van der Waals surface area contributed by atoms with Gasteiger partial charge in [0.05, 0.1) is 18.8 Å². The molecule has 0 heterocycles. The summed E-state index contributed by atoms with van der Waals surface area (Å²) >= 11 is 0. The molecule has 0 radical (unpaired) electrons. The van der Waals surface area contributed by atoms with E-state index in [1.807, 2.05) is 45.0 Å². The van der Waals surface area contributed by atoms with Crippen LogP contribution in [0.2, 0.25) is 0 Å². The van der Waals surface area contributed by atoms with Gasteiger partial charge in [-0.3, -0.25) is 0 Å². The van der Waals surface area contributed by atoms with Gasteiger partial charge in [-0.2, -0.15) is 0 Å². The number of amides is 2. The van der Waals surface area contributed by atoms with Crippen LogP contribution in [0.3, 0.4) is 0 Å². The molecule has 22 heavy (non-hydrogen) atoms. The molecule has 5 nitrogen and oxygen atoms in total. The Labute approximate surface area is 132 Å². The summed E-state index contributed by atoms with van der Waals surface area (Å²) in [6, 6.07) is 7.88. The van der Waals surface area contributed by atoms with E-state index < -0.39 is 0 Å². The van der Waals surface area contributed by atoms with E-state index in [-0.39, 0.29) is 24.8 Å². The Morgan fingerprint density at radius 2 is 1.95 bits per heavy atom. The van der Waals surface area contributed by atoms with Crippen LogP contribution < -0.4 is 10.1 Å². The molecule has 1 fully saturated rings. The van der Waals surface area contributed by atoms with Crippen molar-refractivity contribution in [3.05, 3.63) is 29.8 Å². The van der Waals surface area contributed by atoms with Gasteiger partial charge in [0.1, 0.15) is 5.75 Å². The van der Waals surface area contributed by atoms with E-state index in [1.54, 1.807) is 4.90 Å². The van der Waals surface area contributed by atoms with Gasteiger partial charge in [0.25, 0.3) is 0 Å². The van der Waals surface area contributed by atoms with E-state index in [2.05, 4.69) is 5.32 Å². The number of rotatable bonds is 7. The fourth-order valence-corrected chi connectivity index (χ4v) is 2.40. The average Bonchev–Trinajstić information content (AvgIpc) is 3.29. The number of hydrogen-bond donors (Lipinski definition) is 2. The van der Waals surface area contributed by atoms with Gasteiger partial charge in [0.15, 0.2) is 0 Å². The summed E-state index contributed by atoms with van der Waals surface area (Å²) in [6.45, 7) is 6.33. The first-order valence-corrected chi connectivity index (χ1v) is 7.96. The highest BCUT2D eigenvalue weighted by molar-refractivity contribution is 5.75. The van der Waals surface area contributed by atoms with Crippen LogP contribution in [-0.4, -0.2) is 41.3 Å². The van der Waals surface area contributed by atoms with Crippen LogP contribution in [0.15, 0.2) is 24.3 Å². The molecule has 0 aliphatic heterocycles. The molecule has 0 saturated heterocycles. The number of benzene rings is 1.